The van der Waals surface area contributed by atoms with Crippen LogP contribution < -0.4 is 10.1 Å². The van der Waals surface area contributed by atoms with Crippen LogP contribution in [0.2, 0.25) is 0 Å². The molecule has 0 spiro atoms. The Labute approximate surface area is 181 Å². The van der Waals surface area contributed by atoms with Crippen molar-refractivity contribution in [3.8, 4) is 17.9 Å². The van der Waals surface area contributed by atoms with E-state index in [0.29, 0.717) is 22.6 Å². The number of aryl methyl sites for hydroxylation is 1. The average Bonchev–Trinajstić information content (AvgIpc) is 2.82. The summed E-state index contributed by atoms with van der Waals surface area (Å²) in [5, 5.41) is 21.3. The lowest BCUT2D eigenvalue weighted by atomic mass is 10.1. The Morgan fingerprint density at radius 2 is 1.71 bits per heavy atom. The summed E-state index contributed by atoms with van der Waals surface area (Å²) in [5.74, 6) is 0.170. The molecule has 0 radical (unpaired) electrons. The number of anilines is 1. The fraction of sp³-hybridized carbons (Fsp3) is 0.115. The van der Waals surface area contributed by atoms with Gasteiger partial charge in [-0.15, -0.1) is 0 Å². The topological polar surface area (TPSA) is 85.9 Å². The summed E-state index contributed by atoms with van der Waals surface area (Å²) in [6, 6.07) is 26.0. The normalized spacial score (nSPS) is 10.6. The first-order valence-electron chi connectivity index (χ1n) is 9.86. The Kier molecular flexibility index (Phi) is 7.19. The van der Waals surface area contributed by atoms with Crippen LogP contribution in [0.5, 0.6) is 5.75 Å². The molecule has 3 aromatic rings. The number of hydrogen-bond donors (Lipinski definition) is 1. The van der Waals surface area contributed by atoms with Gasteiger partial charge in [0.25, 0.3) is 5.91 Å². The molecule has 3 aromatic carbocycles. The number of ether oxygens (including phenoxy) is 1. The third kappa shape index (κ3) is 5.82. The number of benzene rings is 3. The maximum atomic E-state index is 12.4. The van der Waals surface area contributed by atoms with Crippen molar-refractivity contribution in [2.75, 3.05) is 5.32 Å². The zero-order chi connectivity index (χ0) is 22.1. The second-order valence-electron chi connectivity index (χ2n) is 6.80. The van der Waals surface area contributed by atoms with Crippen LogP contribution >= 0.6 is 0 Å². The molecule has 5 heteroatoms. The molecular formula is C26H21N3O2. The monoisotopic (exact) mass is 407 g/mol. The van der Waals surface area contributed by atoms with Crippen molar-refractivity contribution in [1.29, 1.82) is 10.5 Å². The second-order valence-corrected chi connectivity index (χ2v) is 6.80. The third-order valence-corrected chi connectivity index (χ3v) is 4.71. The van der Waals surface area contributed by atoms with E-state index in [1.54, 1.807) is 30.3 Å². The van der Waals surface area contributed by atoms with Crippen molar-refractivity contribution in [1.82, 2.24) is 0 Å². The molecule has 0 aliphatic rings. The van der Waals surface area contributed by atoms with E-state index >= 15 is 0 Å². The van der Waals surface area contributed by atoms with E-state index < -0.39 is 5.91 Å². The van der Waals surface area contributed by atoms with Gasteiger partial charge in [-0.3, -0.25) is 4.79 Å². The predicted octanol–water partition coefficient (Wildman–Crippen LogP) is 5.25. The molecule has 0 atom stereocenters. The molecule has 0 fully saturated rings. The second kappa shape index (κ2) is 10.4. The van der Waals surface area contributed by atoms with Gasteiger partial charge in [0, 0.05) is 11.3 Å². The molecule has 0 aliphatic carbocycles. The third-order valence-electron chi connectivity index (χ3n) is 4.71. The van der Waals surface area contributed by atoms with Crippen LogP contribution in [-0.2, 0) is 17.8 Å². The average molecular weight is 407 g/mol. The number of carbonyl (C=O) groups is 1. The fourth-order valence-corrected chi connectivity index (χ4v) is 2.91. The van der Waals surface area contributed by atoms with Crippen molar-refractivity contribution in [3.05, 3.63) is 101 Å². The highest BCUT2D eigenvalue weighted by atomic mass is 16.5. The van der Waals surface area contributed by atoms with Crippen LogP contribution in [0.15, 0.2) is 78.4 Å². The first-order valence-corrected chi connectivity index (χ1v) is 9.86. The smallest absolute Gasteiger partial charge is 0.266 e. The minimum absolute atomic E-state index is 0.0104. The molecule has 0 unspecified atom stereocenters. The van der Waals surface area contributed by atoms with Crippen molar-refractivity contribution in [3.63, 3.8) is 0 Å². The van der Waals surface area contributed by atoms with E-state index in [4.69, 9.17) is 10.00 Å². The van der Waals surface area contributed by atoms with Crippen LogP contribution in [0.4, 0.5) is 5.69 Å². The maximum absolute atomic E-state index is 12.4. The molecule has 1 N–H and O–H groups in total. The van der Waals surface area contributed by atoms with Crippen LogP contribution in [0, 0.1) is 22.7 Å². The molecule has 5 nitrogen and oxygen atoms in total. The van der Waals surface area contributed by atoms with Crippen LogP contribution in [0.1, 0.15) is 29.2 Å². The quantitative estimate of drug-likeness (QED) is 0.428. The molecule has 152 valence electrons. The molecule has 31 heavy (non-hydrogen) atoms. The molecule has 3 rings (SSSR count). The first kappa shape index (κ1) is 21.4. The minimum Gasteiger partial charge on any atom is -0.489 e. The standard InChI is InChI=1S/C26H21N3O2/c1-2-19-7-11-24(12-8-19)29-26(30)23(17-28)15-20-9-13-25(14-10-20)31-18-22-6-4-3-5-21(22)16-27/h3-15H,2,18H2,1H3,(H,29,30)/b23-15+. The fourth-order valence-electron chi connectivity index (χ4n) is 2.91. The highest BCUT2D eigenvalue weighted by molar-refractivity contribution is 6.09. The van der Waals surface area contributed by atoms with E-state index in [2.05, 4.69) is 18.3 Å². The lowest BCUT2D eigenvalue weighted by Gasteiger charge is -2.08. The molecule has 0 aliphatic heterocycles. The Bertz CT molecular complexity index is 1170. The number of nitriles is 2. The summed E-state index contributed by atoms with van der Waals surface area (Å²) in [6.45, 7) is 2.34. The van der Waals surface area contributed by atoms with Gasteiger partial charge in [-0.05, 0) is 54.0 Å². The molecular weight excluding hydrogens is 386 g/mol. The molecule has 0 saturated heterocycles. The number of nitrogens with one attached hydrogen (secondary N) is 1. The van der Waals surface area contributed by atoms with Crippen molar-refractivity contribution in [2.45, 2.75) is 20.0 Å². The maximum Gasteiger partial charge on any atom is 0.266 e. The summed E-state index contributed by atoms with van der Waals surface area (Å²) in [5.41, 5.74) is 3.92. The van der Waals surface area contributed by atoms with Gasteiger partial charge in [-0.1, -0.05) is 49.4 Å². The van der Waals surface area contributed by atoms with E-state index in [-0.39, 0.29) is 12.2 Å². The van der Waals surface area contributed by atoms with E-state index in [1.165, 1.54) is 11.6 Å². The minimum atomic E-state index is -0.458. The van der Waals surface area contributed by atoms with Crippen LogP contribution in [0.3, 0.4) is 0 Å². The van der Waals surface area contributed by atoms with Gasteiger partial charge in [-0.2, -0.15) is 10.5 Å². The van der Waals surface area contributed by atoms with Gasteiger partial charge in [0.05, 0.1) is 11.6 Å². The highest BCUT2D eigenvalue weighted by Crippen LogP contribution is 2.18. The Balaban J connectivity index is 1.65. The Hall–Kier alpha value is -4.35. The zero-order valence-electron chi connectivity index (χ0n) is 17.1. The summed E-state index contributed by atoms with van der Waals surface area (Å²) in [7, 11) is 0. The lowest BCUT2D eigenvalue weighted by molar-refractivity contribution is -0.112. The van der Waals surface area contributed by atoms with Gasteiger partial charge in [-0.25, -0.2) is 0 Å². The highest BCUT2D eigenvalue weighted by Gasteiger charge is 2.10. The lowest BCUT2D eigenvalue weighted by Crippen LogP contribution is -2.13. The Morgan fingerprint density at radius 3 is 2.35 bits per heavy atom. The van der Waals surface area contributed by atoms with Gasteiger partial charge in [0.2, 0.25) is 0 Å². The van der Waals surface area contributed by atoms with Gasteiger partial charge < -0.3 is 10.1 Å². The molecule has 0 bridgehead atoms. The molecule has 0 saturated carbocycles. The van der Waals surface area contributed by atoms with Crippen molar-refractivity contribution in [2.24, 2.45) is 0 Å². The summed E-state index contributed by atoms with van der Waals surface area (Å²) >= 11 is 0. The summed E-state index contributed by atoms with van der Waals surface area (Å²) in [6.07, 6.45) is 2.45. The first-order chi connectivity index (χ1) is 15.1. The number of carbonyl (C=O) groups excluding carboxylic acids is 1. The van der Waals surface area contributed by atoms with E-state index in [9.17, 15) is 10.1 Å². The molecule has 0 aromatic heterocycles. The van der Waals surface area contributed by atoms with Gasteiger partial charge in [0.15, 0.2) is 0 Å². The zero-order valence-corrected chi connectivity index (χ0v) is 17.1. The van der Waals surface area contributed by atoms with Crippen molar-refractivity contribution < 1.29 is 9.53 Å². The Morgan fingerprint density at radius 1 is 1.00 bits per heavy atom. The van der Waals surface area contributed by atoms with Crippen molar-refractivity contribution >= 4 is 17.7 Å². The van der Waals surface area contributed by atoms with E-state index in [1.807, 2.05) is 48.5 Å². The van der Waals surface area contributed by atoms with E-state index in [0.717, 1.165) is 12.0 Å². The van der Waals surface area contributed by atoms with Crippen LogP contribution in [0.25, 0.3) is 6.08 Å². The summed E-state index contributed by atoms with van der Waals surface area (Å²) in [4.78, 5) is 12.4. The number of nitrogens with zero attached hydrogens (tertiary/aromatic N) is 2. The van der Waals surface area contributed by atoms with Gasteiger partial charge >= 0.3 is 0 Å². The van der Waals surface area contributed by atoms with Gasteiger partial charge in [0.1, 0.15) is 24.0 Å². The summed E-state index contributed by atoms with van der Waals surface area (Å²) < 4.78 is 5.75. The SMILES string of the molecule is CCc1ccc(NC(=O)/C(C#N)=C/c2ccc(OCc3ccccc3C#N)cc2)cc1. The largest absolute Gasteiger partial charge is 0.489 e. The predicted molar refractivity (Wildman–Crippen MR) is 120 cm³/mol. The number of amides is 1. The molecule has 0 heterocycles. The van der Waals surface area contributed by atoms with Crippen LogP contribution in [-0.4, -0.2) is 5.91 Å². The molecule has 1 amide bonds. The number of hydrogen-bond acceptors (Lipinski definition) is 4. The number of rotatable bonds is 7.